The molecule has 0 aromatic carbocycles. The Bertz CT molecular complexity index is 388. The largest absolute Gasteiger partial charge is 0.378 e. The molecule has 0 aliphatic carbocycles. The van der Waals surface area contributed by atoms with Crippen LogP contribution in [0.3, 0.4) is 0 Å². The average Bonchev–Trinajstić information content (AvgIpc) is 2.66. The molecule has 92 valence electrons. The number of hydrogen-bond donors (Lipinski definition) is 2. The molecule has 0 radical (unpaired) electrons. The molecule has 0 unspecified atom stereocenters. The Morgan fingerprint density at radius 1 is 1.50 bits per heavy atom. The van der Waals surface area contributed by atoms with E-state index < -0.39 is 10.0 Å². The number of aromatic nitrogens is 4. The minimum atomic E-state index is -3.35. The lowest BCUT2D eigenvalue weighted by atomic mass is 10.5. The zero-order chi connectivity index (χ0) is 12.0. The van der Waals surface area contributed by atoms with Gasteiger partial charge < -0.3 is 4.74 Å². The van der Waals surface area contributed by atoms with Crippen LogP contribution in [0.5, 0.6) is 0 Å². The molecule has 16 heavy (non-hydrogen) atoms. The first-order valence-electron chi connectivity index (χ1n) is 4.81. The van der Waals surface area contributed by atoms with E-state index in [2.05, 4.69) is 25.3 Å². The van der Waals surface area contributed by atoms with Crippen molar-refractivity contribution in [1.82, 2.24) is 25.3 Å². The highest BCUT2D eigenvalue weighted by molar-refractivity contribution is 7.89. The fourth-order valence-electron chi connectivity index (χ4n) is 0.898. The van der Waals surface area contributed by atoms with Crippen molar-refractivity contribution in [3.05, 3.63) is 5.82 Å². The quantitative estimate of drug-likeness (QED) is 0.644. The predicted octanol–water partition coefficient (Wildman–Crippen LogP) is -0.956. The molecule has 0 aliphatic rings. The second kappa shape index (κ2) is 5.87. The number of sulfonamides is 1. The van der Waals surface area contributed by atoms with Crippen LogP contribution >= 0.6 is 0 Å². The lowest BCUT2D eigenvalue weighted by Crippen LogP contribution is -2.29. The number of tetrazole rings is 1. The van der Waals surface area contributed by atoms with E-state index in [1.54, 1.807) is 0 Å². The van der Waals surface area contributed by atoms with Gasteiger partial charge in [0.2, 0.25) is 10.0 Å². The van der Waals surface area contributed by atoms with Crippen molar-refractivity contribution < 1.29 is 13.2 Å². The SMILES string of the molecule is CC(C)OCCS(=O)(=O)NCc1nn[nH]n1. The standard InChI is InChI=1S/C7H15N5O3S/c1-6(2)15-3-4-16(13,14)8-5-7-9-11-12-10-7/h6,8H,3-5H2,1-2H3,(H,9,10,11,12). The van der Waals surface area contributed by atoms with Gasteiger partial charge in [0.05, 0.1) is 25.0 Å². The third kappa shape index (κ3) is 5.14. The maximum atomic E-state index is 11.4. The van der Waals surface area contributed by atoms with Crippen LogP contribution < -0.4 is 4.72 Å². The van der Waals surface area contributed by atoms with Crippen LogP contribution in [0, 0.1) is 0 Å². The molecule has 0 amide bonds. The summed E-state index contributed by atoms with van der Waals surface area (Å²) in [6.45, 7) is 3.89. The highest BCUT2D eigenvalue weighted by Crippen LogP contribution is 1.92. The Morgan fingerprint density at radius 2 is 2.25 bits per heavy atom. The number of ether oxygens (including phenoxy) is 1. The van der Waals surface area contributed by atoms with E-state index in [1.165, 1.54) is 0 Å². The molecule has 9 heteroatoms. The first kappa shape index (κ1) is 13.0. The van der Waals surface area contributed by atoms with Gasteiger partial charge in [-0.2, -0.15) is 5.21 Å². The molecule has 0 atom stereocenters. The maximum absolute atomic E-state index is 11.4. The van der Waals surface area contributed by atoms with Gasteiger partial charge in [-0.3, -0.25) is 0 Å². The van der Waals surface area contributed by atoms with Crippen molar-refractivity contribution in [1.29, 1.82) is 0 Å². The molecule has 0 spiro atoms. The summed E-state index contributed by atoms with van der Waals surface area (Å²) in [5.41, 5.74) is 0. The molecule has 1 heterocycles. The van der Waals surface area contributed by atoms with Gasteiger partial charge in [0.15, 0.2) is 5.82 Å². The summed E-state index contributed by atoms with van der Waals surface area (Å²) in [6.07, 6.45) is 0.0207. The highest BCUT2D eigenvalue weighted by Gasteiger charge is 2.11. The van der Waals surface area contributed by atoms with Gasteiger partial charge in [0.25, 0.3) is 0 Å². The van der Waals surface area contributed by atoms with E-state index in [4.69, 9.17) is 4.74 Å². The first-order valence-corrected chi connectivity index (χ1v) is 6.46. The van der Waals surface area contributed by atoms with Crippen molar-refractivity contribution in [3.8, 4) is 0 Å². The number of rotatable bonds is 7. The maximum Gasteiger partial charge on any atom is 0.214 e. The van der Waals surface area contributed by atoms with Gasteiger partial charge >= 0.3 is 0 Å². The monoisotopic (exact) mass is 249 g/mol. The van der Waals surface area contributed by atoms with Gasteiger partial charge in [-0.15, -0.1) is 10.2 Å². The molecule has 8 nitrogen and oxygen atoms in total. The Balaban J connectivity index is 2.29. The highest BCUT2D eigenvalue weighted by atomic mass is 32.2. The van der Waals surface area contributed by atoms with E-state index in [1.807, 2.05) is 13.8 Å². The number of nitrogens with zero attached hydrogens (tertiary/aromatic N) is 3. The summed E-state index contributed by atoms with van der Waals surface area (Å²) in [5.74, 6) is 0.219. The number of aromatic amines is 1. The summed E-state index contributed by atoms with van der Waals surface area (Å²) < 4.78 is 30.3. The minimum Gasteiger partial charge on any atom is -0.378 e. The summed E-state index contributed by atoms with van der Waals surface area (Å²) >= 11 is 0. The van der Waals surface area contributed by atoms with Gasteiger partial charge in [0, 0.05) is 0 Å². The van der Waals surface area contributed by atoms with E-state index in [0.29, 0.717) is 5.82 Å². The molecule has 1 aromatic heterocycles. The number of hydrogen-bond acceptors (Lipinski definition) is 6. The van der Waals surface area contributed by atoms with E-state index in [-0.39, 0.29) is 25.0 Å². The topological polar surface area (TPSA) is 110 Å². The van der Waals surface area contributed by atoms with E-state index in [0.717, 1.165) is 0 Å². The minimum absolute atomic E-state index is 0.0207. The third-order valence-corrected chi connectivity index (χ3v) is 2.93. The van der Waals surface area contributed by atoms with E-state index >= 15 is 0 Å². The molecule has 0 saturated carbocycles. The predicted molar refractivity (Wildman–Crippen MR) is 55.9 cm³/mol. The first-order chi connectivity index (χ1) is 7.49. The van der Waals surface area contributed by atoms with Crippen molar-refractivity contribution in [2.24, 2.45) is 0 Å². The van der Waals surface area contributed by atoms with Crippen LogP contribution in [-0.2, 0) is 21.3 Å². The Labute approximate surface area is 93.8 Å². The summed E-state index contributed by atoms with van der Waals surface area (Å²) in [5, 5.41) is 12.8. The molecular weight excluding hydrogens is 234 g/mol. The van der Waals surface area contributed by atoms with Crippen LogP contribution in [0.1, 0.15) is 19.7 Å². The Hall–Kier alpha value is -1.06. The normalized spacial score (nSPS) is 12.2. The summed E-state index contributed by atoms with van der Waals surface area (Å²) in [7, 11) is -3.35. The van der Waals surface area contributed by atoms with Gasteiger partial charge in [-0.25, -0.2) is 13.1 Å². The van der Waals surface area contributed by atoms with Crippen LogP contribution in [0.15, 0.2) is 0 Å². The zero-order valence-corrected chi connectivity index (χ0v) is 9.99. The van der Waals surface area contributed by atoms with Crippen molar-refractivity contribution >= 4 is 10.0 Å². The molecule has 1 rings (SSSR count). The molecule has 2 N–H and O–H groups in total. The third-order valence-electron chi connectivity index (χ3n) is 1.64. The molecule has 0 fully saturated rings. The fraction of sp³-hybridized carbons (Fsp3) is 0.857. The summed E-state index contributed by atoms with van der Waals surface area (Å²) in [6, 6.07) is 0. The van der Waals surface area contributed by atoms with Crippen molar-refractivity contribution in [2.75, 3.05) is 12.4 Å². The summed E-state index contributed by atoms with van der Waals surface area (Å²) in [4.78, 5) is 0. The second-order valence-corrected chi connectivity index (χ2v) is 5.31. The van der Waals surface area contributed by atoms with Crippen molar-refractivity contribution in [3.63, 3.8) is 0 Å². The molecular formula is C7H15N5O3S. The van der Waals surface area contributed by atoms with Crippen LogP contribution in [0.25, 0.3) is 0 Å². The molecule has 0 aliphatic heterocycles. The van der Waals surface area contributed by atoms with E-state index in [9.17, 15) is 8.42 Å². The lowest BCUT2D eigenvalue weighted by molar-refractivity contribution is 0.0911. The number of nitrogens with one attached hydrogen (secondary N) is 2. The molecule has 1 aromatic rings. The Morgan fingerprint density at radius 3 is 2.81 bits per heavy atom. The smallest absolute Gasteiger partial charge is 0.214 e. The van der Waals surface area contributed by atoms with Crippen LogP contribution in [0.2, 0.25) is 0 Å². The molecule has 0 saturated heterocycles. The van der Waals surface area contributed by atoms with Gasteiger partial charge in [-0.1, -0.05) is 5.21 Å². The van der Waals surface area contributed by atoms with Crippen LogP contribution in [0.4, 0.5) is 0 Å². The second-order valence-electron chi connectivity index (χ2n) is 3.39. The Kier molecular flexibility index (Phi) is 4.77. The average molecular weight is 249 g/mol. The number of H-pyrrole nitrogens is 1. The molecule has 0 bridgehead atoms. The van der Waals surface area contributed by atoms with Crippen LogP contribution in [-0.4, -0.2) is 47.5 Å². The lowest BCUT2D eigenvalue weighted by Gasteiger charge is -2.08. The van der Waals surface area contributed by atoms with Gasteiger partial charge in [-0.05, 0) is 13.8 Å². The fourth-order valence-corrected chi connectivity index (χ4v) is 1.71. The zero-order valence-electron chi connectivity index (χ0n) is 9.17. The van der Waals surface area contributed by atoms with Gasteiger partial charge in [0.1, 0.15) is 0 Å². The van der Waals surface area contributed by atoms with Crippen molar-refractivity contribution in [2.45, 2.75) is 26.5 Å².